The van der Waals surface area contributed by atoms with Gasteiger partial charge in [0.05, 0.1) is 20.3 Å². The maximum absolute atomic E-state index is 13.9. The molecule has 0 saturated carbocycles. The van der Waals surface area contributed by atoms with Gasteiger partial charge in [0.2, 0.25) is 11.8 Å². The number of hydrogen-bond acceptors (Lipinski definition) is 6. The number of methoxy groups -OCH3 is 2. The van der Waals surface area contributed by atoms with Crippen molar-refractivity contribution in [3.8, 4) is 33.6 Å². The number of carbonyl (C=O) groups is 4. The molecule has 2 fully saturated rings. The first kappa shape index (κ1) is 42.2. The number of aromatic nitrogens is 2. The lowest BCUT2D eigenvalue weighted by Gasteiger charge is -2.31. The first-order valence-electron chi connectivity index (χ1n) is 22.4. The third-order valence-electron chi connectivity index (χ3n) is 13.7. The van der Waals surface area contributed by atoms with E-state index < -0.39 is 24.3 Å². The fourth-order valence-electron chi connectivity index (χ4n) is 10.5. The molecule has 0 spiro atoms. The lowest BCUT2D eigenvalue weighted by atomic mass is 9.98. The zero-order valence-electron chi connectivity index (χ0n) is 36.6. The van der Waals surface area contributed by atoms with E-state index in [0.29, 0.717) is 13.1 Å². The Morgan fingerprint density at radius 3 is 1.62 bits per heavy atom. The Bertz CT molecular complexity index is 2250. The second kappa shape index (κ2) is 17.8. The standard InChI is InChI=1S/C49H62N6O6/c1-28(2)41(52-48(58)60-5)46(56)54-25-9-11-34(54)27-39-35-12-7-13-36(35)43(50-39)32-21-17-30(18-22-32)31-19-23-33(24-20-31)44-37-14-8-15-38(37)45(51-44)40-16-10-26-55(40)47(57)42(29(3)4)53-49(59)61-6/h17-24,28-29,34,40-42,50-51H,7-16,25-27H2,1-6H3,(H,52,58)(H,53,59)/t34-,40-,41?,42-/m0/s1. The molecule has 324 valence electrons. The molecule has 2 saturated heterocycles. The van der Waals surface area contributed by atoms with Crippen molar-refractivity contribution < 1.29 is 28.7 Å². The molecule has 0 bridgehead atoms. The van der Waals surface area contributed by atoms with Gasteiger partial charge in [0.1, 0.15) is 12.1 Å². The highest BCUT2D eigenvalue weighted by molar-refractivity contribution is 5.87. The molecule has 4 N–H and O–H groups in total. The normalized spacial score (nSPS) is 19.3. The minimum atomic E-state index is -0.646. The van der Waals surface area contributed by atoms with Gasteiger partial charge in [-0.1, -0.05) is 76.2 Å². The highest BCUT2D eigenvalue weighted by Crippen LogP contribution is 2.43. The number of alkyl carbamates (subject to hydrolysis) is 2. The van der Waals surface area contributed by atoms with E-state index in [1.807, 2.05) is 37.5 Å². The number of H-pyrrole nitrogens is 2. The summed E-state index contributed by atoms with van der Waals surface area (Å²) in [4.78, 5) is 63.5. The molecule has 61 heavy (non-hydrogen) atoms. The summed E-state index contributed by atoms with van der Waals surface area (Å²) in [6.45, 7) is 9.16. The van der Waals surface area contributed by atoms with Crippen LogP contribution in [-0.2, 0) is 51.2 Å². The maximum atomic E-state index is 13.9. The molecule has 2 aromatic heterocycles. The molecule has 1 unspecified atom stereocenters. The van der Waals surface area contributed by atoms with Crippen LogP contribution in [0, 0.1) is 11.8 Å². The maximum Gasteiger partial charge on any atom is 0.407 e. The molecule has 4 heterocycles. The number of hydrogen-bond donors (Lipinski definition) is 4. The van der Waals surface area contributed by atoms with Crippen molar-refractivity contribution in [3.05, 3.63) is 82.2 Å². The Morgan fingerprint density at radius 2 is 1.07 bits per heavy atom. The monoisotopic (exact) mass is 830 g/mol. The summed E-state index contributed by atoms with van der Waals surface area (Å²) in [6, 6.07) is 16.4. The molecule has 2 aliphatic carbocycles. The van der Waals surface area contributed by atoms with E-state index in [4.69, 9.17) is 9.47 Å². The minimum Gasteiger partial charge on any atom is -0.453 e. The molecule has 0 radical (unpaired) electrons. The number of aromatic amines is 2. The Labute approximate surface area is 359 Å². The Kier molecular flexibility index (Phi) is 12.3. The van der Waals surface area contributed by atoms with E-state index >= 15 is 0 Å². The SMILES string of the molecule is COC(=O)NC(C(=O)N1CCC[C@H]1Cc1[nH]c(-c2ccc(-c3ccc(-c4[nH]c([C@@H]5CCCN5C(=O)[C@@H](NC(=O)OC)C(C)C)c5c4CCC5)cc3)cc2)c2c1CCC2)C(C)C. The predicted molar refractivity (Wildman–Crippen MR) is 236 cm³/mol. The van der Waals surface area contributed by atoms with Crippen LogP contribution in [0.5, 0.6) is 0 Å². The van der Waals surface area contributed by atoms with Crippen molar-refractivity contribution in [1.29, 1.82) is 0 Å². The lowest BCUT2D eigenvalue weighted by molar-refractivity contribution is -0.136. The van der Waals surface area contributed by atoms with Crippen molar-refractivity contribution in [2.24, 2.45) is 11.8 Å². The van der Waals surface area contributed by atoms with E-state index in [-0.39, 0.29) is 35.7 Å². The van der Waals surface area contributed by atoms with Gasteiger partial charge in [0.15, 0.2) is 0 Å². The Morgan fingerprint density at radius 1 is 0.607 bits per heavy atom. The van der Waals surface area contributed by atoms with Crippen LogP contribution in [-0.4, -0.2) is 89.2 Å². The average molecular weight is 831 g/mol. The van der Waals surface area contributed by atoms with Gasteiger partial charge in [0.25, 0.3) is 0 Å². The van der Waals surface area contributed by atoms with E-state index in [2.05, 4.69) is 69.1 Å². The van der Waals surface area contributed by atoms with E-state index in [1.54, 1.807) is 0 Å². The van der Waals surface area contributed by atoms with Crippen LogP contribution < -0.4 is 10.6 Å². The molecule has 4 aromatic rings. The summed E-state index contributed by atoms with van der Waals surface area (Å²) in [6.07, 6.45) is 9.63. The number of nitrogens with one attached hydrogen (secondary N) is 4. The number of fused-ring (bicyclic) bond motifs is 2. The summed E-state index contributed by atoms with van der Waals surface area (Å²) in [5.74, 6) is -0.220. The van der Waals surface area contributed by atoms with Crippen molar-refractivity contribution in [2.45, 2.75) is 122 Å². The van der Waals surface area contributed by atoms with Crippen LogP contribution in [0.1, 0.15) is 106 Å². The van der Waals surface area contributed by atoms with Gasteiger partial charge in [-0.05, 0) is 121 Å². The van der Waals surface area contributed by atoms with E-state index in [1.165, 1.54) is 53.4 Å². The van der Waals surface area contributed by atoms with Crippen LogP contribution in [0.3, 0.4) is 0 Å². The van der Waals surface area contributed by atoms with Gasteiger partial charge in [-0.15, -0.1) is 0 Å². The summed E-state index contributed by atoms with van der Waals surface area (Å²) in [5, 5.41) is 5.55. The van der Waals surface area contributed by atoms with Gasteiger partial charge in [0, 0.05) is 48.3 Å². The first-order valence-corrected chi connectivity index (χ1v) is 22.4. The number of amides is 4. The number of nitrogens with zero attached hydrogens (tertiary/aromatic N) is 2. The number of carbonyl (C=O) groups excluding carboxylic acids is 4. The van der Waals surface area contributed by atoms with Gasteiger partial charge < -0.3 is 39.9 Å². The van der Waals surface area contributed by atoms with E-state index in [9.17, 15) is 19.2 Å². The quantitative estimate of drug-likeness (QED) is 0.113. The first-order chi connectivity index (χ1) is 29.5. The predicted octanol–water partition coefficient (Wildman–Crippen LogP) is 8.28. The molecule has 2 aromatic carbocycles. The molecule has 2 aliphatic heterocycles. The number of rotatable bonds is 12. The molecule has 4 aliphatic rings. The number of benzene rings is 2. The van der Waals surface area contributed by atoms with Crippen molar-refractivity contribution >= 4 is 24.0 Å². The second-order valence-electron chi connectivity index (χ2n) is 18.1. The van der Waals surface area contributed by atoms with Crippen molar-refractivity contribution in [2.75, 3.05) is 27.3 Å². The third-order valence-corrected chi connectivity index (χ3v) is 13.7. The molecule has 4 atom stereocenters. The fraction of sp³-hybridized carbons (Fsp3) is 0.510. The minimum absolute atomic E-state index is 0.0344. The Balaban J connectivity index is 0.980. The van der Waals surface area contributed by atoms with Crippen molar-refractivity contribution in [3.63, 3.8) is 0 Å². The van der Waals surface area contributed by atoms with Crippen LogP contribution in [0.15, 0.2) is 48.5 Å². The summed E-state index contributed by atoms with van der Waals surface area (Å²) < 4.78 is 9.67. The zero-order chi connectivity index (χ0) is 42.9. The molecule has 8 rings (SSSR count). The summed E-state index contributed by atoms with van der Waals surface area (Å²) in [5.41, 5.74) is 14.8. The molecule has 12 heteroatoms. The molecule has 12 nitrogen and oxygen atoms in total. The number of likely N-dealkylation sites (tertiary alicyclic amines) is 2. The van der Waals surface area contributed by atoms with Crippen LogP contribution in [0.2, 0.25) is 0 Å². The zero-order valence-corrected chi connectivity index (χ0v) is 36.6. The average Bonchev–Trinajstić information content (AvgIpc) is 4.12. The number of ether oxygens (including phenoxy) is 2. The third kappa shape index (κ3) is 8.30. The fourth-order valence-corrected chi connectivity index (χ4v) is 10.5. The molecule has 4 amide bonds. The second-order valence-corrected chi connectivity index (χ2v) is 18.1. The largest absolute Gasteiger partial charge is 0.453 e. The van der Waals surface area contributed by atoms with Crippen molar-refractivity contribution in [1.82, 2.24) is 30.4 Å². The van der Waals surface area contributed by atoms with Gasteiger partial charge in [-0.25, -0.2) is 9.59 Å². The molecular formula is C49H62N6O6. The van der Waals surface area contributed by atoms with Gasteiger partial charge >= 0.3 is 12.2 Å². The van der Waals surface area contributed by atoms with Crippen LogP contribution in [0.25, 0.3) is 33.6 Å². The van der Waals surface area contributed by atoms with E-state index in [0.717, 1.165) is 98.7 Å². The topological polar surface area (TPSA) is 149 Å². The van der Waals surface area contributed by atoms with Crippen LogP contribution >= 0.6 is 0 Å². The lowest BCUT2D eigenvalue weighted by Crippen LogP contribution is -2.52. The van der Waals surface area contributed by atoms with Crippen LogP contribution in [0.4, 0.5) is 9.59 Å². The summed E-state index contributed by atoms with van der Waals surface area (Å²) >= 11 is 0. The van der Waals surface area contributed by atoms with Gasteiger partial charge in [-0.2, -0.15) is 0 Å². The van der Waals surface area contributed by atoms with Gasteiger partial charge in [-0.3, -0.25) is 9.59 Å². The smallest absolute Gasteiger partial charge is 0.407 e. The molecular weight excluding hydrogens is 769 g/mol. The highest BCUT2D eigenvalue weighted by atomic mass is 16.5. The summed E-state index contributed by atoms with van der Waals surface area (Å²) in [7, 11) is 2.65. The highest BCUT2D eigenvalue weighted by Gasteiger charge is 2.40. The Hall–Kier alpha value is -5.52.